The Morgan fingerprint density at radius 2 is 1.18 bits per heavy atom. The van der Waals surface area contributed by atoms with Gasteiger partial charge in [-0.05, 0) is 30.2 Å². The number of epoxide rings is 1. The molecule has 0 aromatic heterocycles. The van der Waals surface area contributed by atoms with E-state index in [1.807, 2.05) is 0 Å². The SMILES string of the molecule is C=C1C(OC(C)=O)[C@@H]2[C@@H](OC(C)=O)[C@@H](C)C[C@]2(OC(C)=O)C(=O)[C@H](C)[C@H]2O[C@@H]2C(C)(C)C(OC(=O)c2ccccc2)[C@H](OC(=O)c2ccccc2)[C@H]1OC(C)=O. The van der Waals surface area contributed by atoms with Gasteiger partial charge in [0, 0.05) is 51.0 Å². The first-order valence-electron chi connectivity index (χ1n) is 18.4. The largest absolute Gasteiger partial charge is 0.462 e. The van der Waals surface area contributed by atoms with Gasteiger partial charge in [0.25, 0.3) is 0 Å². The monoisotopic (exact) mass is 776 g/mol. The molecule has 2 unspecified atom stereocenters. The zero-order valence-corrected chi connectivity index (χ0v) is 32.7. The van der Waals surface area contributed by atoms with E-state index in [9.17, 15) is 28.8 Å². The van der Waals surface area contributed by atoms with Gasteiger partial charge in [-0.2, -0.15) is 0 Å². The van der Waals surface area contributed by atoms with E-state index in [0.717, 1.165) is 27.7 Å². The number of fused-ring (bicyclic) bond motifs is 2. The van der Waals surface area contributed by atoms with Crippen molar-refractivity contribution < 1.29 is 66.7 Å². The maximum absolute atomic E-state index is 15.0. The van der Waals surface area contributed by atoms with Crippen molar-refractivity contribution in [2.75, 3.05) is 0 Å². The summed E-state index contributed by atoms with van der Waals surface area (Å²) in [4.78, 5) is 94.8. The minimum absolute atomic E-state index is 0.0986. The second-order valence-electron chi connectivity index (χ2n) is 15.3. The van der Waals surface area contributed by atoms with Gasteiger partial charge in [0.2, 0.25) is 0 Å². The zero-order chi connectivity index (χ0) is 41.3. The van der Waals surface area contributed by atoms with Crippen LogP contribution in [0.1, 0.15) is 82.5 Å². The Kier molecular flexibility index (Phi) is 12.2. The number of hydrogen-bond donors (Lipinski definition) is 0. The second-order valence-corrected chi connectivity index (χ2v) is 15.3. The molecule has 2 aromatic carbocycles. The fourth-order valence-electron chi connectivity index (χ4n) is 8.33. The molecular formula is C42H48O14. The van der Waals surface area contributed by atoms with E-state index < -0.39 is 113 Å². The first-order chi connectivity index (χ1) is 26.3. The Morgan fingerprint density at radius 3 is 1.68 bits per heavy atom. The van der Waals surface area contributed by atoms with Gasteiger partial charge in [-0.3, -0.25) is 24.0 Å². The molecular weight excluding hydrogens is 728 g/mol. The van der Waals surface area contributed by atoms with Crippen LogP contribution in [0.25, 0.3) is 0 Å². The summed E-state index contributed by atoms with van der Waals surface area (Å²) in [5.41, 5.74) is -3.42. The van der Waals surface area contributed by atoms with Gasteiger partial charge < -0.3 is 33.2 Å². The lowest BCUT2D eigenvalue weighted by molar-refractivity contribution is -0.188. The highest BCUT2D eigenvalue weighted by atomic mass is 16.6. The van der Waals surface area contributed by atoms with Crippen LogP contribution >= 0.6 is 0 Å². The lowest BCUT2D eigenvalue weighted by atomic mass is 9.69. The molecule has 14 nitrogen and oxygen atoms in total. The first-order valence-corrected chi connectivity index (χ1v) is 18.4. The molecule has 1 saturated heterocycles. The number of esters is 6. The third-order valence-corrected chi connectivity index (χ3v) is 10.8. The topological polar surface area (TPSA) is 187 Å². The zero-order valence-electron chi connectivity index (χ0n) is 32.7. The lowest BCUT2D eigenvalue weighted by Crippen LogP contribution is -2.60. The van der Waals surface area contributed by atoms with Crippen LogP contribution in [0.15, 0.2) is 72.8 Å². The molecule has 0 bridgehead atoms. The molecule has 0 radical (unpaired) electrons. The van der Waals surface area contributed by atoms with Crippen molar-refractivity contribution in [1.82, 2.24) is 0 Å². The summed E-state index contributed by atoms with van der Waals surface area (Å²) < 4.78 is 42.5. The Labute approximate surface area is 325 Å². The Balaban J connectivity index is 1.82. The molecule has 1 aliphatic heterocycles. The molecule has 0 spiro atoms. The van der Waals surface area contributed by atoms with Crippen molar-refractivity contribution in [2.24, 2.45) is 23.2 Å². The van der Waals surface area contributed by atoms with Crippen LogP contribution in [-0.2, 0) is 57.1 Å². The van der Waals surface area contributed by atoms with Gasteiger partial charge in [0.05, 0.1) is 29.3 Å². The van der Waals surface area contributed by atoms with Crippen molar-refractivity contribution in [2.45, 2.75) is 110 Å². The number of rotatable bonds is 8. The molecule has 56 heavy (non-hydrogen) atoms. The Bertz CT molecular complexity index is 1870. The van der Waals surface area contributed by atoms with Crippen LogP contribution < -0.4 is 0 Å². The van der Waals surface area contributed by atoms with Gasteiger partial charge in [-0.15, -0.1) is 0 Å². The summed E-state index contributed by atoms with van der Waals surface area (Å²) in [7, 11) is 0. The molecule has 0 N–H and O–H groups in total. The third-order valence-electron chi connectivity index (χ3n) is 10.8. The second kappa shape index (κ2) is 16.4. The minimum Gasteiger partial charge on any atom is -0.462 e. The molecule has 2 aliphatic carbocycles. The summed E-state index contributed by atoms with van der Waals surface area (Å²) in [5, 5.41) is 0. The van der Waals surface area contributed by atoms with Gasteiger partial charge in [0.1, 0.15) is 12.2 Å². The van der Waals surface area contributed by atoms with Crippen LogP contribution in [-0.4, -0.2) is 89.9 Å². The highest BCUT2D eigenvalue weighted by Gasteiger charge is 2.69. The number of Topliss-reactive ketones (excluding diaryl/α,β-unsaturated/α-hetero) is 1. The lowest BCUT2D eigenvalue weighted by Gasteiger charge is -2.45. The van der Waals surface area contributed by atoms with Gasteiger partial charge in [-0.1, -0.05) is 70.7 Å². The molecule has 14 heteroatoms. The number of ketones is 1. The Hall–Kier alpha value is -5.37. The number of benzene rings is 2. The summed E-state index contributed by atoms with van der Waals surface area (Å²) in [6, 6.07) is 15.9. The molecule has 2 aromatic rings. The average Bonchev–Trinajstić information content (AvgIpc) is 3.91. The van der Waals surface area contributed by atoms with E-state index in [2.05, 4.69) is 6.58 Å². The van der Waals surface area contributed by atoms with E-state index in [1.54, 1.807) is 64.1 Å². The van der Waals surface area contributed by atoms with E-state index in [0.29, 0.717) is 0 Å². The van der Waals surface area contributed by atoms with Gasteiger partial charge in [-0.25, -0.2) is 9.59 Å². The summed E-state index contributed by atoms with van der Waals surface area (Å²) >= 11 is 0. The normalized spacial score (nSPS) is 32.1. The Morgan fingerprint density at radius 1 is 0.679 bits per heavy atom. The molecule has 0 amide bonds. The van der Waals surface area contributed by atoms with Crippen molar-refractivity contribution in [3.8, 4) is 0 Å². The van der Waals surface area contributed by atoms with E-state index >= 15 is 4.79 Å². The van der Waals surface area contributed by atoms with E-state index in [4.69, 9.17) is 33.2 Å². The van der Waals surface area contributed by atoms with Crippen molar-refractivity contribution >= 4 is 41.6 Å². The van der Waals surface area contributed by atoms with Crippen molar-refractivity contribution in [3.63, 3.8) is 0 Å². The molecule has 1 heterocycles. The van der Waals surface area contributed by atoms with E-state index in [-0.39, 0.29) is 23.1 Å². The van der Waals surface area contributed by atoms with Gasteiger partial charge >= 0.3 is 35.8 Å². The van der Waals surface area contributed by atoms with Crippen LogP contribution in [0.2, 0.25) is 0 Å². The quantitative estimate of drug-likeness (QED) is 0.155. The number of carbonyl (C=O) groups is 7. The first kappa shape index (κ1) is 41.8. The fraction of sp³-hybridized carbons (Fsp3) is 0.500. The average molecular weight is 777 g/mol. The molecule has 3 aliphatic rings. The number of carbonyl (C=O) groups excluding carboxylic acids is 7. The maximum atomic E-state index is 15.0. The van der Waals surface area contributed by atoms with Crippen molar-refractivity contribution in [1.29, 1.82) is 0 Å². The highest BCUT2D eigenvalue weighted by molar-refractivity contribution is 5.93. The molecule has 300 valence electrons. The highest BCUT2D eigenvalue weighted by Crippen LogP contribution is 2.54. The maximum Gasteiger partial charge on any atom is 0.338 e. The predicted molar refractivity (Wildman–Crippen MR) is 195 cm³/mol. The summed E-state index contributed by atoms with van der Waals surface area (Å²) in [6.07, 6.45) is -9.79. The van der Waals surface area contributed by atoms with Crippen LogP contribution in [0.4, 0.5) is 0 Å². The molecule has 3 fully saturated rings. The summed E-state index contributed by atoms with van der Waals surface area (Å²) in [5.74, 6) is -8.85. The minimum atomic E-state index is -2.09. The smallest absolute Gasteiger partial charge is 0.338 e. The number of hydrogen-bond acceptors (Lipinski definition) is 14. The molecule has 11 atom stereocenters. The standard InChI is InChI=1S/C42H48O14/c1-21-20-42(56-27(7)46)30(31(21)50-24(4)43)32(51-25(5)44)22(2)33(52-26(6)45)35(54-39(48)28-16-12-10-13-17-28)38(55-40(49)29-18-14-11-15-19-29)41(8,9)37-34(53-37)23(3)36(42)47/h10-19,21,23,30-35,37-38H,2,20H2,1,3-9H3/t21-,23+,30-,31-,32?,33-,34+,35+,37-,38?,42+/m0/s1. The van der Waals surface area contributed by atoms with E-state index in [1.165, 1.54) is 24.3 Å². The van der Waals surface area contributed by atoms with Crippen LogP contribution in [0.5, 0.6) is 0 Å². The molecule has 2 saturated carbocycles. The predicted octanol–water partition coefficient (Wildman–Crippen LogP) is 4.76. The fourth-order valence-corrected chi connectivity index (χ4v) is 8.33. The third kappa shape index (κ3) is 8.40. The summed E-state index contributed by atoms with van der Waals surface area (Å²) in [6.45, 7) is 15.3. The van der Waals surface area contributed by atoms with Crippen LogP contribution in [0.3, 0.4) is 0 Å². The van der Waals surface area contributed by atoms with Gasteiger partial charge in [0.15, 0.2) is 29.7 Å². The molecule has 5 rings (SSSR count). The van der Waals surface area contributed by atoms with Crippen molar-refractivity contribution in [3.05, 3.63) is 83.9 Å². The van der Waals surface area contributed by atoms with Crippen LogP contribution in [0, 0.1) is 23.2 Å². The number of ether oxygens (including phenoxy) is 7.